The highest BCUT2D eigenvalue weighted by Gasteiger charge is 2.16. The maximum absolute atomic E-state index is 11.3. The molecule has 0 bridgehead atoms. The van der Waals surface area contributed by atoms with Crippen LogP contribution in [0.4, 0.5) is 0 Å². The molecule has 0 aromatic heterocycles. The van der Waals surface area contributed by atoms with E-state index in [1.165, 1.54) is 0 Å². The van der Waals surface area contributed by atoms with Crippen LogP contribution in [0.1, 0.15) is 12.5 Å². The van der Waals surface area contributed by atoms with E-state index in [1.807, 2.05) is 0 Å². The SMILES string of the molecule is CCOC(=O)[C@H](N)Cc1ccc(Cl)cc1Cl.Cl. The van der Waals surface area contributed by atoms with E-state index in [9.17, 15) is 4.79 Å². The molecule has 3 nitrogen and oxygen atoms in total. The fourth-order valence-corrected chi connectivity index (χ4v) is 1.74. The Hall–Kier alpha value is -0.480. The minimum Gasteiger partial charge on any atom is -0.465 e. The van der Waals surface area contributed by atoms with Crippen LogP contribution in [0.5, 0.6) is 0 Å². The predicted molar refractivity (Wildman–Crippen MR) is 72.0 cm³/mol. The van der Waals surface area contributed by atoms with Crippen LogP contribution in [0, 0.1) is 0 Å². The van der Waals surface area contributed by atoms with Gasteiger partial charge in [-0.25, -0.2) is 0 Å². The van der Waals surface area contributed by atoms with E-state index in [4.69, 9.17) is 33.7 Å². The number of nitrogens with two attached hydrogens (primary N) is 1. The van der Waals surface area contributed by atoms with Gasteiger partial charge in [0.05, 0.1) is 6.61 Å². The Balaban J connectivity index is 0.00000256. The van der Waals surface area contributed by atoms with Crippen LogP contribution < -0.4 is 5.73 Å². The summed E-state index contributed by atoms with van der Waals surface area (Å²) in [4.78, 5) is 11.3. The molecular weight excluding hydrogens is 284 g/mol. The van der Waals surface area contributed by atoms with Crippen molar-refractivity contribution in [1.82, 2.24) is 0 Å². The molecule has 2 N–H and O–H groups in total. The number of benzene rings is 1. The van der Waals surface area contributed by atoms with Crippen LogP contribution in [-0.2, 0) is 16.0 Å². The third kappa shape index (κ3) is 5.13. The van der Waals surface area contributed by atoms with Gasteiger partial charge in [0.15, 0.2) is 0 Å². The summed E-state index contributed by atoms with van der Waals surface area (Å²) in [7, 11) is 0. The van der Waals surface area contributed by atoms with Gasteiger partial charge in [-0.3, -0.25) is 4.79 Å². The van der Waals surface area contributed by atoms with E-state index in [0.717, 1.165) is 5.56 Å². The molecule has 0 spiro atoms. The van der Waals surface area contributed by atoms with Gasteiger partial charge in [0.2, 0.25) is 0 Å². The van der Waals surface area contributed by atoms with E-state index in [2.05, 4.69) is 0 Å². The summed E-state index contributed by atoms with van der Waals surface area (Å²) in [6, 6.07) is 4.39. The number of ether oxygens (including phenoxy) is 1. The molecule has 0 aliphatic carbocycles. The smallest absolute Gasteiger partial charge is 0.323 e. The fraction of sp³-hybridized carbons (Fsp3) is 0.364. The highest BCUT2D eigenvalue weighted by molar-refractivity contribution is 6.35. The van der Waals surface area contributed by atoms with Crippen molar-refractivity contribution in [2.75, 3.05) is 6.61 Å². The number of rotatable bonds is 4. The highest BCUT2D eigenvalue weighted by atomic mass is 35.5. The number of halogens is 3. The minimum atomic E-state index is -0.696. The Morgan fingerprint density at radius 1 is 1.47 bits per heavy atom. The second-order valence-corrected chi connectivity index (χ2v) is 4.14. The zero-order valence-electron chi connectivity index (χ0n) is 9.28. The van der Waals surface area contributed by atoms with Crippen LogP contribution in [0.15, 0.2) is 18.2 Å². The van der Waals surface area contributed by atoms with E-state index < -0.39 is 12.0 Å². The minimum absolute atomic E-state index is 0. The van der Waals surface area contributed by atoms with Crippen molar-refractivity contribution < 1.29 is 9.53 Å². The van der Waals surface area contributed by atoms with Crippen molar-refractivity contribution in [3.05, 3.63) is 33.8 Å². The zero-order valence-corrected chi connectivity index (χ0v) is 11.6. The number of esters is 1. The Morgan fingerprint density at radius 2 is 2.12 bits per heavy atom. The lowest BCUT2D eigenvalue weighted by Crippen LogP contribution is -2.34. The molecule has 0 heterocycles. The predicted octanol–water partition coefficient (Wildman–Crippen LogP) is 2.85. The van der Waals surface area contributed by atoms with Crippen LogP contribution in [-0.4, -0.2) is 18.6 Å². The lowest BCUT2D eigenvalue weighted by Gasteiger charge is -2.11. The van der Waals surface area contributed by atoms with Crippen molar-refractivity contribution in [2.45, 2.75) is 19.4 Å². The Bertz CT molecular complexity index is 385. The standard InChI is InChI=1S/C11H13Cl2NO2.ClH/c1-2-16-11(15)10(14)5-7-3-4-8(12)6-9(7)13;/h3-4,6,10H,2,5,14H2,1H3;1H/t10-;/m1./s1. The molecule has 0 fully saturated rings. The van der Waals surface area contributed by atoms with Crippen molar-refractivity contribution in [2.24, 2.45) is 5.73 Å². The molecule has 96 valence electrons. The number of carbonyl (C=O) groups is 1. The summed E-state index contributed by atoms with van der Waals surface area (Å²) in [5.74, 6) is -0.423. The third-order valence-corrected chi connectivity index (χ3v) is 2.63. The topological polar surface area (TPSA) is 52.3 Å². The van der Waals surface area contributed by atoms with Crippen LogP contribution in [0.3, 0.4) is 0 Å². The summed E-state index contributed by atoms with van der Waals surface area (Å²) in [5, 5.41) is 1.06. The van der Waals surface area contributed by atoms with Gasteiger partial charge in [-0.2, -0.15) is 0 Å². The first kappa shape index (κ1) is 16.5. The van der Waals surface area contributed by atoms with E-state index in [-0.39, 0.29) is 12.4 Å². The van der Waals surface area contributed by atoms with Gasteiger partial charge < -0.3 is 10.5 Å². The van der Waals surface area contributed by atoms with Gasteiger partial charge in [0.25, 0.3) is 0 Å². The van der Waals surface area contributed by atoms with Gasteiger partial charge in [0.1, 0.15) is 6.04 Å². The highest BCUT2D eigenvalue weighted by Crippen LogP contribution is 2.21. The monoisotopic (exact) mass is 297 g/mol. The molecule has 0 unspecified atom stereocenters. The third-order valence-electron chi connectivity index (χ3n) is 2.04. The Kier molecular flexibility index (Phi) is 7.55. The summed E-state index contributed by atoms with van der Waals surface area (Å²) < 4.78 is 4.81. The van der Waals surface area contributed by atoms with E-state index in [0.29, 0.717) is 23.1 Å². The Labute approximate surface area is 117 Å². The molecule has 1 aromatic carbocycles. The van der Waals surface area contributed by atoms with Crippen LogP contribution >= 0.6 is 35.6 Å². The first-order chi connectivity index (χ1) is 7.54. The second-order valence-electron chi connectivity index (χ2n) is 3.30. The first-order valence-electron chi connectivity index (χ1n) is 4.90. The van der Waals surface area contributed by atoms with Gasteiger partial charge >= 0.3 is 5.97 Å². The maximum atomic E-state index is 11.3. The second kappa shape index (κ2) is 7.77. The van der Waals surface area contributed by atoms with Crippen LogP contribution in [0.2, 0.25) is 10.0 Å². The van der Waals surface area contributed by atoms with Crippen molar-refractivity contribution in [3.63, 3.8) is 0 Å². The molecule has 0 aliphatic heterocycles. The molecule has 17 heavy (non-hydrogen) atoms. The number of carbonyl (C=O) groups excluding carboxylic acids is 1. The average molecular weight is 299 g/mol. The van der Waals surface area contributed by atoms with E-state index in [1.54, 1.807) is 25.1 Å². The number of hydrogen-bond donors (Lipinski definition) is 1. The normalized spacial score (nSPS) is 11.5. The zero-order chi connectivity index (χ0) is 12.1. The quantitative estimate of drug-likeness (QED) is 0.870. The molecule has 1 aromatic rings. The molecule has 6 heteroatoms. The van der Waals surface area contributed by atoms with Gasteiger partial charge in [-0.15, -0.1) is 12.4 Å². The molecular formula is C11H14Cl3NO2. The van der Waals surface area contributed by atoms with Gasteiger partial charge in [0, 0.05) is 10.0 Å². The largest absolute Gasteiger partial charge is 0.465 e. The van der Waals surface area contributed by atoms with Crippen molar-refractivity contribution >= 4 is 41.6 Å². The number of hydrogen-bond acceptors (Lipinski definition) is 3. The Morgan fingerprint density at radius 3 is 2.65 bits per heavy atom. The van der Waals surface area contributed by atoms with Crippen molar-refractivity contribution in [3.8, 4) is 0 Å². The lowest BCUT2D eigenvalue weighted by atomic mass is 10.1. The summed E-state index contributed by atoms with van der Waals surface area (Å²) in [6.07, 6.45) is 0.342. The van der Waals surface area contributed by atoms with Crippen LogP contribution in [0.25, 0.3) is 0 Å². The molecule has 0 saturated heterocycles. The van der Waals surface area contributed by atoms with Crippen molar-refractivity contribution in [1.29, 1.82) is 0 Å². The summed E-state index contributed by atoms with van der Waals surface area (Å²) >= 11 is 11.7. The van der Waals surface area contributed by atoms with Gasteiger partial charge in [-0.1, -0.05) is 29.3 Å². The summed E-state index contributed by atoms with van der Waals surface area (Å²) in [5.41, 5.74) is 6.46. The fourth-order valence-electron chi connectivity index (χ4n) is 1.26. The van der Waals surface area contributed by atoms with Gasteiger partial charge in [-0.05, 0) is 31.0 Å². The first-order valence-corrected chi connectivity index (χ1v) is 5.66. The molecule has 1 rings (SSSR count). The molecule has 0 radical (unpaired) electrons. The molecule has 1 atom stereocenters. The molecule has 0 amide bonds. The van der Waals surface area contributed by atoms with E-state index >= 15 is 0 Å². The molecule has 0 saturated carbocycles. The molecule has 0 aliphatic rings. The summed E-state index contributed by atoms with van der Waals surface area (Å²) in [6.45, 7) is 2.06. The lowest BCUT2D eigenvalue weighted by molar-refractivity contribution is -0.144. The average Bonchev–Trinajstić information content (AvgIpc) is 2.22. The maximum Gasteiger partial charge on any atom is 0.323 e.